The van der Waals surface area contributed by atoms with E-state index < -0.39 is 0 Å². The molecule has 0 N–H and O–H groups in total. The lowest BCUT2D eigenvalue weighted by atomic mass is 10.5. The topological polar surface area (TPSA) is 49.0 Å². The summed E-state index contributed by atoms with van der Waals surface area (Å²) in [5.41, 5.74) is 3.78. The smallest absolute Gasteiger partial charge is 0.227 e. The van der Waals surface area contributed by atoms with Crippen LogP contribution < -0.4 is 0 Å². The molecule has 0 saturated carbocycles. The Hall–Kier alpha value is -2.59. The summed E-state index contributed by atoms with van der Waals surface area (Å²) in [6.45, 7) is 7.69. The molecule has 0 amide bonds. The molecule has 1 aromatic rings. The van der Waals surface area contributed by atoms with E-state index in [0.717, 1.165) is 5.70 Å². The highest BCUT2D eigenvalue weighted by atomic mass is 15.7. The summed E-state index contributed by atoms with van der Waals surface area (Å²) in [6, 6.07) is 1.85. The SMILES string of the molecule is C=C(C)N(N=CC)C(N1C=C=CC=N1)n1cccn1. The van der Waals surface area contributed by atoms with Crippen LogP contribution in [0.1, 0.15) is 20.1 Å². The molecule has 1 aliphatic heterocycles. The predicted octanol–water partition coefficient (Wildman–Crippen LogP) is 2.15. The number of hydrogen-bond donors (Lipinski definition) is 0. The van der Waals surface area contributed by atoms with E-state index >= 15 is 0 Å². The van der Waals surface area contributed by atoms with Crippen molar-refractivity contribution in [3.05, 3.63) is 48.7 Å². The van der Waals surface area contributed by atoms with E-state index in [0.29, 0.717) is 0 Å². The van der Waals surface area contributed by atoms with Gasteiger partial charge >= 0.3 is 0 Å². The minimum absolute atomic E-state index is 0.346. The summed E-state index contributed by atoms with van der Waals surface area (Å²) >= 11 is 0. The number of hydrazone groups is 2. The van der Waals surface area contributed by atoms with E-state index in [1.165, 1.54) is 0 Å². The summed E-state index contributed by atoms with van der Waals surface area (Å²) in [6.07, 6.45) is 10.1. The maximum absolute atomic E-state index is 4.33. The maximum Gasteiger partial charge on any atom is 0.238 e. The van der Waals surface area contributed by atoms with Gasteiger partial charge in [-0.1, -0.05) is 12.3 Å². The molecule has 0 bridgehead atoms. The monoisotopic (exact) mass is 256 g/mol. The van der Waals surface area contributed by atoms with E-state index in [1.54, 1.807) is 45.6 Å². The van der Waals surface area contributed by atoms with Crippen LogP contribution in [0.25, 0.3) is 0 Å². The normalized spacial score (nSPS) is 15.2. The Labute approximate surface area is 112 Å². The number of allylic oxidation sites excluding steroid dienone is 2. The van der Waals surface area contributed by atoms with Gasteiger partial charge in [0.15, 0.2) is 0 Å². The zero-order valence-corrected chi connectivity index (χ0v) is 11.0. The van der Waals surface area contributed by atoms with Gasteiger partial charge in [-0.25, -0.2) is 14.7 Å². The van der Waals surface area contributed by atoms with Gasteiger partial charge in [-0.3, -0.25) is 0 Å². The van der Waals surface area contributed by atoms with Crippen LogP contribution in [-0.2, 0) is 0 Å². The Balaban J connectivity index is 2.41. The molecule has 0 spiro atoms. The lowest BCUT2D eigenvalue weighted by molar-refractivity contribution is 0.0401. The largest absolute Gasteiger partial charge is 0.238 e. The molecule has 6 heteroatoms. The second kappa shape index (κ2) is 5.84. The highest BCUT2D eigenvalue weighted by Gasteiger charge is 2.25. The van der Waals surface area contributed by atoms with Crippen LogP contribution in [0.4, 0.5) is 0 Å². The van der Waals surface area contributed by atoms with E-state index in [-0.39, 0.29) is 6.29 Å². The van der Waals surface area contributed by atoms with Gasteiger partial charge in [-0.2, -0.15) is 15.3 Å². The summed E-state index contributed by atoms with van der Waals surface area (Å²) in [5.74, 6) is 0. The van der Waals surface area contributed by atoms with Crippen LogP contribution in [0.15, 0.2) is 58.9 Å². The highest BCUT2D eigenvalue weighted by molar-refractivity contribution is 5.71. The molecule has 0 fully saturated rings. The van der Waals surface area contributed by atoms with Crippen molar-refractivity contribution >= 4 is 12.4 Å². The first-order valence-corrected chi connectivity index (χ1v) is 5.90. The van der Waals surface area contributed by atoms with Crippen molar-refractivity contribution in [1.82, 2.24) is 19.8 Å². The van der Waals surface area contributed by atoms with E-state index in [9.17, 15) is 0 Å². The molecule has 6 nitrogen and oxygen atoms in total. The fraction of sp³-hybridized carbons (Fsp3) is 0.231. The fourth-order valence-corrected chi connectivity index (χ4v) is 1.67. The van der Waals surface area contributed by atoms with Gasteiger partial charge in [0.1, 0.15) is 0 Å². The van der Waals surface area contributed by atoms with Gasteiger partial charge < -0.3 is 0 Å². The van der Waals surface area contributed by atoms with Crippen molar-refractivity contribution in [1.29, 1.82) is 0 Å². The Morgan fingerprint density at radius 1 is 1.58 bits per heavy atom. The third-order valence-electron chi connectivity index (χ3n) is 2.43. The van der Waals surface area contributed by atoms with Gasteiger partial charge in [0.25, 0.3) is 0 Å². The fourth-order valence-electron chi connectivity index (χ4n) is 1.67. The molecule has 0 radical (unpaired) electrons. The van der Waals surface area contributed by atoms with Crippen LogP contribution >= 0.6 is 0 Å². The Morgan fingerprint density at radius 3 is 2.95 bits per heavy atom. The molecule has 0 aliphatic carbocycles. The van der Waals surface area contributed by atoms with E-state index in [1.807, 2.05) is 26.1 Å². The second-order valence-electron chi connectivity index (χ2n) is 3.89. The zero-order chi connectivity index (χ0) is 13.7. The Kier molecular flexibility index (Phi) is 3.95. The quantitative estimate of drug-likeness (QED) is 0.461. The minimum atomic E-state index is -0.346. The molecule has 1 unspecified atom stereocenters. The lowest BCUT2D eigenvalue weighted by Gasteiger charge is -2.34. The minimum Gasteiger partial charge on any atom is -0.227 e. The Bertz CT molecular complexity index is 548. The lowest BCUT2D eigenvalue weighted by Crippen LogP contribution is -2.37. The summed E-state index contributed by atoms with van der Waals surface area (Å²) in [7, 11) is 0. The van der Waals surface area contributed by atoms with Crippen molar-refractivity contribution in [2.45, 2.75) is 20.1 Å². The molecule has 19 heavy (non-hydrogen) atoms. The van der Waals surface area contributed by atoms with Crippen LogP contribution in [0.5, 0.6) is 0 Å². The van der Waals surface area contributed by atoms with Crippen LogP contribution in [0.2, 0.25) is 0 Å². The molecule has 2 heterocycles. The first kappa shape index (κ1) is 12.9. The van der Waals surface area contributed by atoms with E-state index in [2.05, 4.69) is 27.6 Å². The van der Waals surface area contributed by atoms with Crippen LogP contribution in [0.3, 0.4) is 0 Å². The number of nitrogens with zero attached hydrogens (tertiary/aromatic N) is 6. The van der Waals surface area contributed by atoms with Crippen molar-refractivity contribution in [2.75, 3.05) is 0 Å². The van der Waals surface area contributed by atoms with Gasteiger partial charge in [0.05, 0.1) is 12.4 Å². The molecule has 1 atom stereocenters. The maximum atomic E-state index is 4.33. The standard InChI is InChI=1S/C13H16N6/c1-4-14-19(12(2)3)13(18-11-7-9-16-18)17-10-6-5-8-15-17/h4-5,7-11,13H,2H2,1,3H3. The average Bonchev–Trinajstić information content (AvgIpc) is 2.93. The molecule has 0 aromatic carbocycles. The highest BCUT2D eigenvalue weighted by Crippen LogP contribution is 2.23. The van der Waals surface area contributed by atoms with Crippen LogP contribution in [-0.4, -0.2) is 32.2 Å². The molecular formula is C13H16N6. The first-order chi connectivity index (χ1) is 9.24. The zero-order valence-electron chi connectivity index (χ0n) is 11.0. The average molecular weight is 256 g/mol. The summed E-state index contributed by atoms with van der Waals surface area (Å²) < 4.78 is 1.75. The molecule has 2 rings (SSSR count). The van der Waals surface area contributed by atoms with Crippen molar-refractivity contribution in [2.24, 2.45) is 10.2 Å². The Morgan fingerprint density at radius 2 is 2.42 bits per heavy atom. The van der Waals surface area contributed by atoms with Gasteiger partial charge in [-0.15, -0.1) is 0 Å². The van der Waals surface area contributed by atoms with Crippen LogP contribution in [0, 0.1) is 0 Å². The van der Waals surface area contributed by atoms with E-state index in [4.69, 9.17) is 0 Å². The van der Waals surface area contributed by atoms with Crippen molar-refractivity contribution in [3.63, 3.8) is 0 Å². The third-order valence-corrected chi connectivity index (χ3v) is 2.43. The summed E-state index contributed by atoms with van der Waals surface area (Å²) in [5, 5.41) is 16.3. The second-order valence-corrected chi connectivity index (χ2v) is 3.89. The van der Waals surface area contributed by atoms with Gasteiger partial charge in [0, 0.05) is 30.4 Å². The number of hydrogen-bond acceptors (Lipinski definition) is 5. The van der Waals surface area contributed by atoms with Crippen molar-refractivity contribution in [3.8, 4) is 0 Å². The molecule has 1 aliphatic rings. The number of rotatable bonds is 5. The number of aromatic nitrogens is 2. The predicted molar refractivity (Wildman–Crippen MR) is 75.1 cm³/mol. The third kappa shape index (κ3) is 2.81. The van der Waals surface area contributed by atoms with Gasteiger partial charge in [-0.05, 0) is 19.9 Å². The summed E-state index contributed by atoms with van der Waals surface area (Å²) in [4.78, 5) is 0. The molecular weight excluding hydrogens is 240 g/mol. The van der Waals surface area contributed by atoms with Gasteiger partial charge in [0.2, 0.25) is 6.29 Å². The molecule has 0 saturated heterocycles. The molecule has 1 aromatic heterocycles. The first-order valence-electron chi connectivity index (χ1n) is 5.90. The van der Waals surface area contributed by atoms with Crippen molar-refractivity contribution < 1.29 is 0 Å². The molecule has 98 valence electrons.